The standard InChI is InChI=1S/C19H29F2NO5/c1-3-25-18-9-14(6-7-17(18)27-19(20)21)10-22(2)11-15(23)12-24-13-16-5-4-8-26-16/h6-7,9,15-16,19,23H,3-5,8,10-13H2,1-2H3. The average Bonchev–Trinajstić information content (AvgIpc) is 3.10. The van der Waals surface area contributed by atoms with Crippen LogP contribution in [0.3, 0.4) is 0 Å². The van der Waals surface area contributed by atoms with Crippen LogP contribution in [0.15, 0.2) is 18.2 Å². The van der Waals surface area contributed by atoms with E-state index in [1.165, 1.54) is 6.07 Å². The molecule has 2 unspecified atom stereocenters. The normalized spacial score (nSPS) is 18.3. The van der Waals surface area contributed by atoms with Crippen LogP contribution in [0, 0.1) is 0 Å². The predicted molar refractivity (Wildman–Crippen MR) is 96.4 cm³/mol. The van der Waals surface area contributed by atoms with E-state index in [2.05, 4.69) is 4.74 Å². The van der Waals surface area contributed by atoms with Gasteiger partial charge in [-0.25, -0.2) is 0 Å². The van der Waals surface area contributed by atoms with Crippen molar-refractivity contribution < 1.29 is 32.8 Å². The Bertz CT molecular complexity index is 555. The molecule has 1 aromatic carbocycles. The van der Waals surface area contributed by atoms with E-state index in [4.69, 9.17) is 14.2 Å². The summed E-state index contributed by atoms with van der Waals surface area (Å²) < 4.78 is 45.8. The summed E-state index contributed by atoms with van der Waals surface area (Å²) >= 11 is 0. The van der Waals surface area contributed by atoms with Gasteiger partial charge in [-0.05, 0) is 44.5 Å². The lowest BCUT2D eigenvalue weighted by Crippen LogP contribution is -2.32. The van der Waals surface area contributed by atoms with Crippen molar-refractivity contribution >= 4 is 0 Å². The van der Waals surface area contributed by atoms with E-state index in [0.717, 1.165) is 25.0 Å². The number of hydrogen-bond donors (Lipinski definition) is 1. The molecule has 1 N–H and O–H groups in total. The summed E-state index contributed by atoms with van der Waals surface area (Å²) in [4.78, 5) is 1.93. The highest BCUT2D eigenvalue weighted by atomic mass is 19.3. The van der Waals surface area contributed by atoms with Crippen LogP contribution < -0.4 is 9.47 Å². The monoisotopic (exact) mass is 389 g/mol. The first-order valence-corrected chi connectivity index (χ1v) is 9.24. The largest absolute Gasteiger partial charge is 0.490 e. The fourth-order valence-corrected chi connectivity index (χ4v) is 3.01. The van der Waals surface area contributed by atoms with Crippen LogP contribution >= 0.6 is 0 Å². The highest BCUT2D eigenvalue weighted by Crippen LogP contribution is 2.30. The lowest BCUT2D eigenvalue weighted by molar-refractivity contribution is -0.0514. The molecule has 0 aliphatic carbocycles. The highest BCUT2D eigenvalue weighted by Gasteiger charge is 2.17. The molecule has 1 aromatic rings. The number of alkyl halides is 2. The second-order valence-corrected chi connectivity index (χ2v) is 6.62. The average molecular weight is 389 g/mol. The molecule has 1 saturated heterocycles. The second kappa shape index (κ2) is 11.4. The lowest BCUT2D eigenvalue weighted by Gasteiger charge is -2.22. The molecule has 0 radical (unpaired) electrons. The van der Waals surface area contributed by atoms with Gasteiger partial charge in [0.05, 0.1) is 32.0 Å². The van der Waals surface area contributed by atoms with Crippen LogP contribution in [0.25, 0.3) is 0 Å². The Kier molecular flexibility index (Phi) is 9.20. The minimum absolute atomic E-state index is 0.0146. The Morgan fingerprint density at radius 3 is 2.81 bits per heavy atom. The zero-order valence-electron chi connectivity index (χ0n) is 15.9. The summed E-state index contributed by atoms with van der Waals surface area (Å²) in [5.41, 5.74) is 0.870. The highest BCUT2D eigenvalue weighted by molar-refractivity contribution is 5.43. The van der Waals surface area contributed by atoms with Gasteiger partial charge in [-0.3, -0.25) is 4.90 Å². The third-order valence-corrected chi connectivity index (χ3v) is 4.14. The Morgan fingerprint density at radius 1 is 1.33 bits per heavy atom. The van der Waals surface area contributed by atoms with E-state index in [-0.39, 0.29) is 24.2 Å². The number of ether oxygens (including phenoxy) is 4. The van der Waals surface area contributed by atoms with E-state index in [0.29, 0.717) is 26.3 Å². The number of likely N-dealkylation sites (N-methyl/N-ethyl adjacent to an activating group) is 1. The molecule has 1 aliphatic heterocycles. The molecule has 0 bridgehead atoms. The molecular formula is C19H29F2NO5. The Labute approximate surface area is 159 Å². The van der Waals surface area contributed by atoms with Crippen LogP contribution in [0.4, 0.5) is 8.78 Å². The first-order valence-electron chi connectivity index (χ1n) is 9.24. The smallest absolute Gasteiger partial charge is 0.387 e. The number of aliphatic hydroxyl groups is 1. The molecule has 2 rings (SSSR count). The van der Waals surface area contributed by atoms with Crippen LogP contribution in [-0.2, 0) is 16.0 Å². The Morgan fingerprint density at radius 2 is 2.15 bits per heavy atom. The molecule has 1 aliphatic rings. The molecule has 2 atom stereocenters. The van der Waals surface area contributed by atoms with Crippen LogP contribution in [-0.4, -0.2) is 68.8 Å². The number of benzene rings is 1. The Hall–Kier alpha value is -1.48. The number of halogens is 2. The summed E-state index contributed by atoms with van der Waals surface area (Å²) in [6, 6.07) is 4.86. The van der Waals surface area contributed by atoms with Crippen LogP contribution in [0.2, 0.25) is 0 Å². The fourth-order valence-electron chi connectivity index (χ4n) is 3.01. The summed E-state index contributed by atoms with van der Waals surface area (Å²) in [6.07, 6.45) is 1.58. The third-order valence-electron chi connectivity index (χ3n) is 4.14. The minimum atomic E-state index is -2.90. The van der Waals surface area contributed by atoms with Crippen molar-refractivity contribution in [3.8, 4) is 11.5 Å². The van der Waals surface area contributed by atoms with Crippen molar-refractivity contribution in [3.05, 3.63) is 23.8 Å². The molecule has 27 heavy (non-hydrogen) atoms. The number of aliphatic hydroxyl groups excluding tert-OH is 1. The van der Waals surface area contributed by atoms with E-state index >= 15 is 0 Å². The number of nitrogens with zero attached hydrogens (tertiary/aromatic N) is 1. The van der Waals surface area contributed by atoms with Gasteiger partial charge in [0, 0.05) is 19.7 Å². The van der Waals surface area contributed by atoms with Gasteiger partial charge in [-0.15, -0.1) is 0 Å². The van der Waals surface area contributed by atoms with Gasteiger partial charge >= 0.3 is 6.61 Å². The van der Waals surface area contributed by atoms with Crippen molar-refractivity contribution in [3.63, 3.8) is 0 Å². The quantitative estimate of drug-likeness (QED) is 0.593. The SMILES string of the molecule is CCOc1cc(CN(C)CC(O)COCC2CCCO2)ccc1OC(F)F. The molecule has 0 spiro atoms. The maximum absolute atomic E-state index is 12.5. The maximum Gasteiger partial charge on any atom is 0.387 e. The lowest BCUT2D eigenvalue weighted by atomic mass is 10.2. The van der Waals surface area contributed by atoms with Crippen molar-refractivity contribution in [1.29, 1.82) is 0 Å². The minimum Gasteiger partial charge on any atom is -0.490 e. The summed E-state index contributed by atoms with van der Waals surface area (Å²) in [6.45, 7) is 1.70. The third kappa shape index (κ3) is 7.96. The molecule has 154 valence electrons. The molecule has 0 saturated carbocycles. The molecule has 0 aromatic heterocycles. The van der Waals surface area contributed by atoms with Gasteiger partial charge in [0.2, 0.25) is 0 Å². The van der Waals surface area contributed by atoms with Gasteiger partial charge in [0.1, 0.15) is 0 Å². The van der Waals surface area contributed by atoms with E-state index in [1.807, 2.05) is 11.9 Å². The first-order chi connectivity index (χ1) is 13.0. The maximum atomic E-state index is 12.5. The van der Waals surface area contributed by atoms with Gasteiger partial charge in [-0.2, -0.15) is 8.78 Å². The van der Waals surface area contributed by atoms with Crippen molar-refractivity contribution in [2.45, 2.75) is 45.1 Å². The summed E-state index contributed by atoms with van der Waals surface area (Å²) in [5.74, 6) is 0.296. The topological polar surface area (TPSA) is 60.4 Å². The van der Waals surface area contributed by atoms with Crippen molar-refractivity contribution in [1.82, 2.24) is 4.90 Å². The van der Waals surface area contributed by atoms with Crippen LogP contribution in [0.1, 0.15) is 25.3 Å². The number of rotatable bonds is 12. The van der Waals surface area contributed by atoms with E-state index in [9.17, 15) is 13.9 Å². The molecule has 6 nitrogen and oxygen atoms in total. The second-order valence-electron chi connectivity index (χ2n) is 6.62. The van der Waals surface area contributed by atoms with Crippen LogP contribution in [0.5, 0.6) is 11.5 Å². The first kappa shape index (κ1) is 21.8. The molecular weight excluding hydrogens is 360 g/mol. The van der Waals surface area contributed by atoms with Crippen molar-refractivity contribution in [2.75, 3.05) is 40.0 Å². The van der Waals surface area contributed by atoms with Gasteiger partial charge < -0.3 is 24.1 Å². The molecule has 8 heteroatoms. The van der Waals surface area contributed by atoms with Crippen molar-refractivity contribution in [2.24, 2.45) is 0 Å². The molecule has 0 amide bonds. The van der Waals surface area contributed by atoms with E-state index in [1.54, 1.807) is 19.1 Å². The zero-order chi connectivity index (χ0) is 19.6. The summed E-state index contributed by atoms with van der Waals surface area (Å²) in [5, 5.41) is 10.1. The fraction of sp³-hybridized carbons (Fsp3) is 0.684. The summed E-state index contributed by atoms with van der Waals surface area (Å²) in [7, 11) is 1.87. The number of hydrogen-bond acceptors (Lipinski definition) is 6. The van der Waals surface area contributed by atoms with Gasteiger partial charge in [0.15, 0.2) is 11.5 Å². The van der Waals surface area contributed by atoms with Gasteiger partial charge in [0.25, 0.3) is 0 Å². The molecule has 1 heterocycles. The molecule has 1 fully saturated rings. The van der Waals surface area contributed by atoms with E-state index < -0.39 is 12.7 Å². The predicted octanol–water partition coefficient (Wildman–Crippen LogP) is 2.68. The van der Waals surface area contributed by atoms with Gasteiger partial charge in [-0.1, -0.05) is 6.07 Å². The Balaban J connectivity index is 1.79. The zero-order valence-corrected chi connectivity index (χ0v) is 15.9.